The molecule has 1 amide bonds. The van der Waals surface area contributed by atoms with Crippen LogP contribution in [0.1, 0.15) is 22.3 Å². The van der Waals surface area contributed by atoms with E-state index in [9.17, 15) is 31.5 Å². The summed E-state index contributed by atoms with van der Waals surface area (Å²) in [7, 11) is 0. The number of benzene rings is 3. The highest BCUT2D eigenvalue weighted by molar-refractivity contribution is 5.81. The highest BCUT2D eigenvalue weighted by Crippen LogP contribution is 2.34. The Labute approximate surface area is 197 Å². The minimum absolute atomic E-state index is 0.123. The van der Waals surface area contributed by atoms with Crippen molar-refractivity contribution in [3.8, 4) is 0 Å². The molecule has 1 unspecified atom stereocenters. The lowest BCUT2D eigenvalue weighted by Crippen LogP contribution is -2.43. The van der Waals surface area contributed by atoms with Gasteiger partial charge in [0, 0.05) is 6.42 Å². The molecular formula is C25H20F5NO4. The van der Waals surface area contributed by atoms with Gasteiger partial charge in [0.2, 0.25) is 0 Å². The van der Waals surface area contributed by atoms with Crippen molar-refractivity contribution in [2.24, 2.45) is 0 Å². The number of nitrogens with one attached hydrogen (secondary N) is 1. The Morgan fingerprint density at radius 1 is 0.771 bits per heavy atom. The highest BCUT2D eigenvalue weighted by Gasteiger charge is 2.38. The Morgan fingerprint density at radius 3 is 1.74 bits per heavy atom. The van der Waals surface area contributed by atoms with Crippen molar-refractivity contribution < 1.29 is 41.0 Å². The minimum Gasteiger partial charge on any atom is -0.459 e. The van der Waals surface area contributed by atoms with E-state index in [0.717, 1.165) is 0 Å². The summed E-state index contributed by atoms with van der Waals surface area (Å²) in [5, 5.41) is 2.25. The minimum atomic E-state index is -5.24. The largest absolute Gasteiger partial charge is 0.459 e. The molecule has 0 aliphatic heterocycles. The average molecular weight is 493 g/mol. The van der Waals surface area contributed by atoms with Gasteiger partial charge in [-0.05, 0) is 28.8 Å². The molecule has 0 aliphatic rings. The van der Waals surface area contributed by atoms with E-state index in [0.29, 0.717) is 23.3 Å². The fraction of sp³-hybridized carbons (Fsp3) is 0.200. The van der Waals surface area contributed by atoms with E-state index in [-0.39, 0.29) is 18.8 Å². The van der Waals surface area contributed by atoms with Gasteiger partial charge < -0.3 is 14.8 Å². The quantitative estimate of drug-likeness (QED) is 0.330. The molecule has 5 nitrogen and oxygen atoms in total. The Balaban J connectivity index is 1.75. The van der Waals surface area contributed by atoms with Crippen molar-refractivity contribution in [3.63, 3.8) is 0 Å². The van der Waals surface area contributed by atoms with Gasteiger partial charge in [-0.1, -0.05) is 60.7 Å². The summed E-state index contributed by atoms with van der Waals surface area (Å²) < 4.78 is 76.9. The molecule has 0 saturated carbocycles. The molecule has 184 valence electrons. The number of alkyl carbamates (subject to hydrolysis) is 1. The zero-order chi connectivity index (χ0) is 25.4. The van der Waals surface area contributed by atoms with E-state index in [1.165, 1.54) is 0 Å². The second-order valence-corrected chi connectivity index (χ2v) is 7.49. The number of amides is 1. The maximum absolute atomic E-state index is 14.0. The van der Waals surface area contributed by atoms with Crippen molar-refractivity contribution in [2.45, 2.75) is 31.9 Å². The van der Waals surface area contributed by atoms with Gasteiger partial charge in [0.15, 0.2) is 0 Å². The second-order valence-electron chi connectivity index (χ2n) is 7.49. The molecule has 1 N–H and O–H groups in total. The number of carbonyl (C=O) groups is 2. The van der Waals surface area contributed by atoms with Gasteiger partial charge in [-0.2, -0.15) is 13.2 Å². The molecule has 3 rings (SSSR count). The molecule has 0 aliphatic carbocycles. The first-order valence-corrected chi connectivity index (χ1v) is 10.4. The van der Waals surface area contributed by atoms with Crippen molar-refractivity contribution in [1.29, 1.82) is 0 Å². The molecular weight excluding hydrogens is 473 g/mol. The van der Waals surface area contributed by atoms with Crippen LogP contribution in [0.2, 0.25) is 0 Å². The van der Waals surface area contributed by atoms with Gasteiger partial charge in [-0.25, -0.2) is 18.4 Å². The maximum Gasteiger partial charge on any atom is 0.422 e. The molecule has 35 heavy (non-hydrogen) atoms. The summed E-state index contributed by atoms with van der Waals surface area (Å²) in [5.41, 5.74) is -1.03. The van der Waals surface area contributed by atoms with E-state index >= 15 is 0 Å². The zero-order valence-corrected chi connectivity index (χ0v) is 18.1. The van der Waals surface area contributed by atoms with Gasteiger partial charge in [0.1, 0.15) is 36.5 Å². The SMILES string of the molecule is O=C(NC(Cc1cc(F)c(C(F)(F)F)c(F)c1)C(=O)OCc1ccccc1)OCc1ccccc1. The number of esters is 1. The van der Waals surface area contributed by atoms with Crippen LogP contribution in [0.5, 0.6) is 0 Å². The summed E-state index contributed by atoms with van der Waals surface area (Å²) >= 11 is 0. The molecule has 0 fully saturated rings. The van der Waals surface area contributed by atoms with Gasteiger partial charge in [0.05, 0.1) is 0 Å². The van der Waals surface area contributed by atoms with Crippen LogP contribution in [-0.4, -0.2) is 18.1 Å². The lowest BCUT2D eigenvalue weighted by Gasteiger charge is -2.19. The number of carbonyl (C=O) groups excluding carboxylic acids is 2. The first-order chi connectivity index (χ1) is 16.6. The Morgan fingerprint density at radius 2 is 1.26 bits per heavy atom. The van der Waals surface area contributed by atoms with E-state index in [2.05, 4.69) is 5.32 Å². The van der Waals surface area contributed by atoms with E-state index in [1.54, 1.807) is 60.7 Å². The Hall–Kier alpha value is -3.95. The van der Waals surface area contributed by atoms with Crippen LogP contribution >= 0.6 is 0 Å². The molecule has 0 spiro atoms. The fourth-order valence-electron chi connectivity index (χ4n) is 3.18. The van der Waals surface area contributed by atoms with Crippen molar-refractivity contribution in [2.75, 3.05) is 0 Å². The smallest absolute Gasteiger partial charge is 0.422 e. The summed E-state index contributed by atoms with van der Waals surface area (Å²) in [5.74, 6) is -4.64. The molecule has 0 heterocycles. The number of hydrogen-bond acceptors (Lipinski definition) is 4. The average Bonchev–Trinajstić information content (AvgIpc) is 2.81. The second kappa shape index (κ2) is 11.5. The molecule has 0 radical (unpaired) electrons. The molecule has 0 saturated heterocycles. The van der Waals surface area contributed by atoms with Crippen molar-refractivity contribution in [3.05, 3.63) is 107 Å². The molecule has 10 heteroatoms. The van der Waals surface area contributed by atoms with Gasteiger partial charge in [-0.3, -0.25) is 0 Å². The Bertz CT molecular complexity index is 1130. The third-order valence-corrected chi connectivity index (χ3v) is 4.84. The molecule has 0 bridgehead atoms. The molecule has 3 aromatic rings. The van der Waals surface area contributed by atoms with Crippen LogP contribution in [0.15, 0.2) is 72.8 Å². The monoisotopic (exact) mass is 493 g/mol. The fourth-order valence-corrected chi connectivity index (χ4v) is 3.18. The first kappa shape index (κ1) is 25.7. The first-order valence-electron chi connectivity index (χ1n) is 10.4. The van der Waals surface area contributed by atoms with Gasteiger partial charge >= 0.3 is 18.2 Å². The summed E-state index contributed by atoms with van der Waals surface area (Å²) in [6, 6.07) is 16.6. The highest BCUT2D eigenvalue weighted by atomic mass is 19.4. The van der Waals surface area contributed by atoms with Crippen molar-refractivity contribution in [1.82, 2.24) is 5.32 Å². The molecule has 3 aromatic carbocycles. The van der Waals surface area contributed by atoms with E-state index in [1.807, 2.05) is 0 Å². The third-order valence-electron chi connectivity index (χ3n) is 4.84. The van der Waals surface area contributed by atoms with Crippen LogP contribution in [-0.2, 0) is 40.1 Å². The lowest BCUT2D eigenvalue weighted by molar-refractivity contribution is -0.147. The maximum atomic E-state index is 14.0. The van der Waals surface area contributed by atoms with Gasteiger partial charge in [-0.15, -0.1) is 0 Å². The summed E-state index contributed by atoms with van der Waals surface area (Å²) in [6.07, 6.45) is -6.80. The zero-order valence-electron chi connectivity index (χ0n) is 18.1. The van der Waals surface area contributed by atoms with Crippen molar-refractivity contribution >= 4 is 12.1 Å². The number of hydrogen-bond donors (Lipinski definition) is 1. The number of rotatable bonds is 8. The number of ether oxygens (including phenoxy) is 2. The lowest BCUT2D eigenvalue weighted by atomic mass is 10.0. The van der Waals surface area contributed by atoms with Crippen LogP contribution in [0.3, 0.4) is 0 Å². The number of halogens is 5. The Kier molecular flexibility index (Phi) is 8.40. The standard InChI is InChI=1S/C25H20F5NO4/c26-19-11-18(12-20(27)22(19)25(28,29)30)13-21(23(32)34-14-16-7-3-1-4-8-16)31-24(33)35-15-17-9-5-2-6-10-17/h1-12,21H,13-15H2,(H,31,33). The summed E-state index contributed by atoms with van der Waals surface area (Å²) in [6.45, 7) is -0.283. The normalized spacial score (nSPS) is 12.0. The van der Waals surface area contributed by atoms with Crippen LogP contribution in [0.25, 0.3) is 0 Å². The molecule has 0 aromatic heterocycles. The third kappa shape index (κ3) is 7.53. The van der Waals surface area contributed by atoms with Crippen LogP contribution < -0.4 is 5.32 Å². The predicted octanol–water partition coefficient (Wildman–Crippen LogP) is 5.56. The number of alkyl halides is 3. The van der Waals surface area contributed by atoms with Crippen LogP contribution in [0.4, 0.5) is 26.7 Å². The molecule has 1 atom stereocenters. The van der Waals surface area contributed by atoms with E-state index < -0.39 is 47.9 Å². The summed E-state index contributed by atoms with van der Waals surface area (Å²) in [4.78, 5) is 24.9. The topological polar surface area (TPSA) is 64.6 Å². The predicted molar refractivity (Wildman–Crippen MR) is 115 cm³/mol. The van der Waals surface area contributed by atoms with Gasteiger partial charge in [0.25, 0.3) is 0 Å². The van der Waals surface area contributed by atoms with Crippen LogP contribution in [0, 0.1) is 11.6 Å². The van der Waals surface area contributed by atoms with E-state index in [4.69, 9.17) is 9.47 Å².